The molecule has 0 bridgehead atoms. The lowest BCUT2D eigenvalue weighted by Gasteiger charge is -2.23. The van der Waals surface area contributed by atoms with Crippen LogP contribution in [0.4, 0.5) is 0 Å². The van der Waals surface area contributed by atoms with E-state index in [0.717, 1.165) is 11.2 Å². The van der Waals surface area contributed by atoms with Crippen LogP contribution in [0.5, 0.6) is 0 Å². The Bertz CT molecular complexity index is 2340. The SMILES string of the molecule is CC(C)c1cccc(C(C)C)c1-n1ccn(-c2c(C(C)C)cccc2C(C)C)c1=N[P+](C)([13C]#[13CH])N=c1n(-c2c(C(C)C)cccc2C(C)C)ccn1-c1c(C(C)C)cccc1C(C)C.[I-]. The lowest BCUT2D eigenvalue weighted by atomic mass is 9.92. The first-order valence-electron chi connectivity index (χ1n) is 23.8. The van der Waals surface area contributed by atoms with Crippen LogP contribution >= 0.6 is 7.56 Å². The van der Waals surface area contributed by atoms with E-state index in [1.54, 1.807) is 0 Å². The topological polar surface area (TPSA) is 44.4 Å². The van der Waals surface area contributed by atoms with Gasteiger partial charge in [-0.05, 0) is 101 Å². The predicted molar refractivity (Wildman–Crippen MR) is 276 cm³/mol. The van der Waals surface area contributed by atoms with Crippen molar-refractivity contribution in [1.82, 2.24) is 18.3 Å². The Morgan fingerprint density at radius 1 is 0.369 bits per heavy atom. The summed E-state index contributed by atoms with van der Waals surface area (Å²) in [5.41, 5.74) is 19.7. The molecule has 8 heteroatoms. The molecule has 0 spiro atoms. The number of aromatic nitrogens is 4. The second kappa shape index (κ2) is 21.1. The molecule has 0 saturated carbocycles. The summed E-state index contributed by atoms with van der Waals surface area (Å²) in [6, 6.07) is 27.0. The normalized spacial score (nSPS) is 12.1. The van der Waals surface area contributed by atoms with E-state index in [-0.39, 0.29) is 71.3 Å². The van der Waals surface area contributed by atoms with Gasteiger partial charge in [0.25, 0.3) is 11.2 Å². The zero-order valence-corrected chi connectivity index (χ0v) is 45.5. The van der Waals surface area contributed by atoms with Gasteiger partial charge in [-0.3, -0.25) is 18.3 Å². The molecular weight excluding hydrogens is 929 g/mol. The van der Waals surface area contributed by atoms with Gasteiger partial charge in [0.1, 0.15) is 12.3 Å². The third kappa shape index (κ3) is 10.3. The fourth-order valence-electron chi connectivity index (χ4n) is 9.24. The molecule has 0 aliphatic heterocycles. The van der Waals surface area contributed by atoms with Crippen LogP contribution in [0.2, 0.25) is 0 Å². The van der Waals surface area contributed by atoms with Crippen LogP contribution < -0.4 is 35.2 Å². The first-order chi connectivity index (χ1) is 30.2. The highest BCUT2D eigenvalue weighted by atomic mass is 127. The van der Waals surface area contributed by atoms with Gasteiger partial charge in [-0.15, -0.1) is 0 Å². The molecule has 0 amide bonds. The van der Waals surface area contributed by atoms with Gasteiger partial charge in [-0.1, -0.05) is 190 Å². The highest BCUT2D eigenvalue weighted by Crippen LogP contribution is 2.56. The summed E-state index contributed by atoms with van der Waals surface area (Å²) >= 11 is 0. The third-order valence-corrected chi connectivity index (χ3v) is 14.4. The van der Waals surface area contributed by atoms with Gasteiger partial charge >= 0.3 is 7.56 Å². The van der Waals surface area contributed by atoms with Gasteiger partial charge in [0.2, 0.25) is 0 Å². The van der Waals surface area contributed by atoms with Crippen molar-refractivity contribution < 1.29 is 24.0 Å². The van der Waals surface area contributed by atoms with Crippen LogP contribution in [0, 0.1) is 12.1 Å². The molecule has 346 valence electrons. The minimum absolute atomic E-state index is 0. The summed E-state index contributed by atoms with van der Waals surface area (Å²) < 4.78 is 21.1. The number of nitrogens with zero attached hydrogens (tertiary/aromatic N) is 6. The van der Waals surface area contributed by atoms with Crippen molar-refractivity contribution in [1.29, 1.82) is 0 Å². The summed E-state index contributed by atoms with van der Waals surface area (Å²) in [5.74, 6) is 2.22. The van der Waals surface area contributed by atoms with E-state index in [2.05, 4.69) is 239 Å². The van der Waals surface area contributed by atoms with Gasteiger partial charge in [0.15, 0.2) is 0 Å². The average molecular weight is 1010 g/mol. The summed E-state index contributed by atoms with van der Waals surface area (Å²) in [4.78, 5) is 0. The Labute approximate surface area is 409 Å². The van der Waals surface area contributed by atoms with Crippen LogP contribution in [-0.4, -0.2) is 24.9 Å². The maximum absolute atomic E-state index is 6.90. The second-order valence-electron chi connectivity index (χ2n) is 20.3. The molecule has 0 unspecified atom stereocenters. The van der Waals surface area contributed by atoms with E-state index in [0.29, 0.717) is 0 Å². The van der Waals surface area contributed by atoms with E-state index >= 15 is 0 Å². The number of para-hydroxylation sites is 4. The van der Waals surface area contributed by atoms with Crippen molar-refractivity contribution in [3.8, 4) is 34.8 Å². The fourth-order valence-corrected chi connectivity index (χ4v) is 10.5. The number of rotatable bonds is 14. The van der Waals surface area contributed by atoms with Gasteiger partial charge in [-0.2, -0.15) is 0 Å². The van der Waals surface area contributed by atoms with Crippen molar-refractivity contribution in [3.05, 3.63) is 153 Å². The zero-order chi connectivity index (χ0) is 46.9. The lowest BCUT2D eigenvalue weighted by molar-refractivity contribution is -0.0000144. The maximum atomic E-state index is 6.90. The first kappa shape index (κ1) is 51.6. The summed E-state index contributed by atoms with van der Waals surface area (Å²) in [7, 11) is -3.03. The number of hydrogen-bond acceptors (Lipinski definition) is 2. The Morgan fingerprint density at radius 2 is 0.538 bits per heavy atom. The minimum atomic E-state index is -3.03. The molecule has 0 aliphatic rings. The molecular formula is C57H76IN6P. The minimum Gasteiger partial charge on any atom is -1.00 e. The molecule has 65 heavy (non-hydrogen) atoms. The van der Waals surface area contributed by atoms with Gasteiger partial charge < -0.3 is 24.0 Å². The van der Waals surface area contributed by atoms with E-state index in [4.69, 9.17) is 15.9 Å². The Hall–Kier alpha value is -4.38. The fraction of sp³-hybridized carbons (Fsp3) is 0.439. The van der Waals surface area contributed by atoms with Crippen LogP contribution in [0.1, 0.15) is 203 Å². The van der Waals surface area contributed by atoms with Crippen LogP contribution in [-0.2, 0) is 0 Å². The van der Waals surface area contributed by atoms with Crippen LogP contribution in [0.25, 0.3) is 22.7 Å². The highest BCUT2D eigenvalue weighted by Gasteiger charge is 2.34. The first-order valence-corrected chi connectivity index (χ1v) is 26.0. The van der Waals surface area contributed by atoms with E-state index < -0.39 is 7.56 Å². The summed E-state index contributed by atoms with van der Waals surface area (Å²) in [6.45, 7) is 38.6. The molecule has 6 rings (SSSR count). The molecule has 0 atom stereocenters. The molecule has 2 aromatic heterocycles. The van der Waals surface area contributed by atoms with Gasteiger partial charge in [0.05, 0.1) is 22.7 Å². The average Bonchev–Trinajstić information content (AvgIpc) is 3.85. The van der Waals surface area contributed by atoms with Crippen molar-refractivity contribution in [2.75, 3.05) is 6.66 Å². The van der Waals surface area contributed by atoms with Crippen LogP contribution in [0.3, 0.4) is 0 Å². The number of halogens is 1. The predicted octanol–water partition coefficient (Wildman–Crippen LogP) is 12.4. The Balaban J connectivity index is 0.00000793. The standard InChI is InChI=1S/C57H76N6P.HI/c1-19-64(18,58-56-60(52-44(36(2)3)24-20-25-45(52)37(4)5)32-33-61(56)53-46(38(6)7)26-21-27-47(53)39(8)9)59-57-62(54-48(40(10)11)28-22-29-49(54)41(12)13)34-35-63(57)55-50(42(14)15)30-23-31-51(55)43(16)17;/h1,20-43H,2-18H3;1H/q+1;/p-1/i1+1,19+1;. The zero-order valence-electron chi connectivity index (χ0n) is 42.4. The molecule has 0 fully saturated rings. The molecule has 0 N–H and O–H groups in total. The number of hydrogen-bond donors (Lipinski definition) is 0. The third-order valence-electron chi connectivity index (χ3n) is 12.7. The highest BCUT2D eigenvalue weighted by molar-refractivity contribution is 7.77. The van der Waals surface area contributed by atoms with Gasteiger partial charge in [-0.25, -0.2) is 0 Å². The van der Waals surface area contributed by atoms with E-state index in [9.17, 15) is 0 Å². The molecule has 0 aliphatic carbocycles. The molecule has 6 nitrogen and oxygen atoms in total. The number of imidazole rings is 2. The molecule has 6 aromatic rings. The number of benzene rings is 4. The van der Waals surface area contributed by atoms with Crippen molar-refractivity contribution in [2.45, 2.75) is 158 Å². The lowest BCUT2D eigenvalue weighted by Crippen LogP contribution is -3.00. The van der Waals surface area contributed by atoms with Crippen LogP contribution in [0.15, 0.2) is 107 Å². The summed E-state index contributed by atoms with van der Waals surface area (Å²) in [6.07, 6.45) is 15.7. The second-order valence-corrected chi connectivity index (χ2v) is 22.8. The molecule has 2 heterocycles. The Morgan fingerprint density at radius 3 is 0.677 bits per heavy atom. The smallest absolute Gasteiger partial charge is 0.330 e. The molecule has 0 radical (unpaired) electrons. The van der Waals surface area contributed by atoms with Gasteiger partial charge in [0, 0.05) is 24.8 Å². The maximum Gasteiger partial charge on any atom is 0.330 e. The van der Waals surface area contributed by atoms with E-state index in [1.807, 2.05) is 0 Å². The molecule has 4 aromatic carbocycles. The molecule has 0 saturated heterocycles. The monoisotopic (exact) mass is 1000 g/mol. The quantitative estimate of drug-likeness (QED) is 0.0452. The van der Waals surface area contributed by atoms with E-state index in [1.165, 1.54) is 67.3 Å². The van der Waals surface area contributed by atoms with Crippen molar-refractivity contribution in [3.63, 3.8) is 0 Å². The summed E-state index contributed by atoms with van der Waals surface area (Å²) in [5, 5.41) is 0. The Kier molecular flexibility index (Phi) is 16.7. The largest absolute Gasteiger partial charge is 1.00 e. The van der Waals surface area contributed by atoms with Crippen molar-refractivity contribution >= 4 is 7.56 Å². The van der Waals surface area contributed by atoms with Crippen molar-refractivity contribution in [2.24, 2.45) is 9.53 Å². The number of terminal acetylenes is 1.